The molecule has 0 aliphatic carbocycles. The molecule has 3 aromatic carbocycles. The van der Waals surface area contributed by atoms with Gasteiger partial charge in [-0.15, -0.1) is 10.2 Å². The van der Waals surface area contributed by atoms with E-state index in [1.165, 1.54) is 11.6 Å². The molecule has 0 aliphatic rings. The molecule has 0 radical (unpaired) electrons. The van der Waals surface area contributed by atoms with E-state index in [9.17, 15) is 4.79 Å². The number of hydrogen-bond acceptors (Lipinski definition) is 4. The lowest BCUT2D eigenvalue weighted by Gasteiger charge is -2.06. The SMILES string of the molecule is Cn1c(SCc2ccc(Cl)cc2)nnc1-c1ccc(NC(=O)C=Cc2ccccc2)cc1. The van der Waals surface area contributed by atoms with Crippen LogP contribution in [-0.4, -0.2) is 20.7 Å². The zero-order chi connectivity index (χ0) is 22.3. The number of carbonyl (C=O) groups excluding carboxylic acids is 1. The Bertz CT molecular complexity index is 1220. The first-order valence-electron chi connectivity index (χ1n) is 10.00. The summed E-state index contributed by atoms with van der Waals surface area (Å²) in [5, 5.41) is 13.1. The summed E-state index contributed by atoms with van der Waals surface area (Å²) in [6.07, 6.45) is 3.31. The van der Waals surface area contributed by atoms with E-state index in [4.69, 9.17) is 11.6 Å². The van der Waals surface area contributed by atoms with Crippen LogP contribution in [0.4, 0.5) is 5.69 Å². The second-order valence-electron chi connectivity index (χ2n) is 7.09. The molecule has 32 heavy (non-hydrogen) atoms. The van der Waals surface area contributed by atoms with Gasteiger partial charge in [-0.2, -0.15) is 0 Å². The molecule has 7 heteroatoms. The van der Waals surface area contributed by atoms with Gasteiger partial charge in [0.15, 0.2) is 11.0 Å². The fourth-order valence-corrected chi connectivity index (χ4v) is 4.04. The third kappa shape index (κ3) is 5.66. The number of halogens is 1. The number of hydrogen-bond donors (Lipinski definition) is 1. The van der Waals surface area contributed by atoms with E-state index in [2.05, 4.69) is 15.5 Å². The highest BCUT2D eigenvalue weighted by atomic mass is 35.5. The molecule has 1 amide bonds. The Kier molecular flexibility index (Phi) is 7.04. The highest BCUT2D eigenvalue weighted by Gasteiger charge is 2.11. The molecule has 5 nitrogen and oxygen atoms in total. The fraction of sp³-hybridized carbons (Fsp3) is 0.0800. The number of carbonyl (C=O) groups is 1. The number of rotatable bonds is 7. The first-order chi connectivity index (χ1) is 15.6. The molecule has 0 unspecified atom stereocenters. The molecule has 0 spiro atoms. The monoisotopic (exact) mass is 460 g/mol. The minimum Gasteiger partial charge on any atom is -0.323 e. The molecule has 1 N–H and O–H groups in total. The van der Waals surface area contributed by atoms with Gasteiger partial charge in [0.1, 0.15) is 0 Å². The predicted molar refractivity (Wildman–Crippen MR) is 132 cm³/mol. The van der Waals surface area contributed by atoms with Crippen molar-refractivity contribution in [2.75, 3.05) is 5.32 Å². The Balaban J connectivity index is 1.38. The lowest BCUT2D eigenvalue weighted by atomic mass is 10.2. The van der Waals surface area contributed by atoms with Gasteiger partial charge in [-0.3, -0.25) is 4.79 Å². The third-order valence-corrected chi connectivity index (χ3v) is 6.10. The van der Waals surface area contributed by atoms with Crippen molar-refractivity contribution in [3.05, 3.63) is 101 Å². The highest BCUT2D eigenvalue weighted by molar-refractivity contribution is 7.98. The standard InChI is InChI=1S/C25H21ClN4OS/c1-30-24(28-29-25(30)32-17-19-7-12-21(26)13-8-19)20-10-14-22(15-11-20)27-23(31)16-9-18-5-3-2-4-6-18/h2-16H,17H2,1H3,(H,27,31). The van der Waals surface area contributed by atoms with Crippen molar-refractivity contribution in [1.29, 1.82) is 0 Å². The first kappa shape index (κ1) is 21.9. The molecule has 0 bridgehead atoms. The third-order valence-electron chi connectivity index (χ3n) is 4.75. The summed E-state index contributed by atoms with van der Waals surface area (Å²) in [6, 6.07) is 25.1. The number of aromatic nitrogens is 3. The Morgan fingerprint density at radius 3 is 2.44 bits per heavy atom. The van der Waals surface area contributed by atoms with Gasteiger partial charge in [-0.05, 0) is 53.6 Å². The highest BCUT2D eigenvalue weighted by Crippen LogP contribution is 2.26. The van der Waals surface area contributed by atoms with Crippen molar-refractivity contribution in [3.8, 4) is 11.4 Å². The first-order valence-corrected chi connectivity index (χ1v) is 11.4. The van der Waals surface area contributed by atoms with Crippen LogP contribution < -0.4 is 5.32 Å². The molecule has 0 atom stereocenters. The van der Waals surface area contributed by atoms with Gasteiger partial charge in [0.05, 0.1) is 0 Å². The molecule has 4 rings (SSSR count). The molecule has 1 aromatic heterocycles. The normalized spacial score (nSPS) is 11.1. The summed E-state index contributed by atoms with van der Waals surface area (Å²) >= 11 is 7.56. The summed E-state index contributed by atoms with van der Waals surface area (Å²) in [5.41, 5.74) is 3.79. The molecule has 0 saturated heterocycles. The molecule has 0 aliphatic heterocycles. The van der Waals surface area contributed by atoms with Crippen molar-refractivity contribution in [3.63, 3.8) is 0 Å². The van der Waals surface area contributed by atoms with Crippen LogP contribution in [0.2, 0.25) is 5.02 Å². The van der Waals surface area contributed by atoms with Crippen molar-refractivity contribution in [2.24, 2.45) is 7.05 Å². The van der Waals surface area contributed by atoms with Gasteiger partial charge in [0.2, 0.25) is 5.91 Å². The molecular formula is C25H21ClN4OS. The number of amides is 1. The van der Waals surface area contributed by atoms with Crippen LogP contribution in [0.25, 0.3) is 17.5 Å². The maximum atomic E-state index is 12.2. The number of nitrogens with zero attached hydrogens (tertiary/aromatic N) is 3. The van der Waals surface area contributed by atoms with Gasteiger partial charge in [-0.1, -0.05) is 65.8 Å². The van der Waals surface area contributed by atoms with Gasteiger partial charge in [0.25, 0.3) is 0 Å². The number of thioether (sulfide) groups is 1. The van der Waals surface area contributed by atoms with Crippen LogP contribution in [0, 0.1) is 0 Å². The topological polar surface area (TPSA) is 59.8 Å². The molecule has 4 aromatic rings. The minimum absolute atomic E-state index is 0.179. The molecular weight excluding hydrogens is 440 g/mol. The van der Waals surface area contributed by atoms with E-state index >= 15 is 0 Å². The molecule has 0 fully saturated rings. The maximum Gasteiger partial charge on any atom is 0.248 e. The van der Waals surface area contributed by atoms with E-state index < -0.39 is 0 Å². The quantitative estimate of drug-likeness (QED) is 0.268. The summed E-state index contributed by atoms with van der Waals surface area (Å²) in [5.74, 6) is 1.37. The summed E-state index contributed by atoms with van der Waals surface area (Å²) < 4.78 is 1.97. The van der Waals surface area contributed by atoms with Crippen molar-refractivity contribution in [1.82, 2.24) is 14.8 Å². The van der Waals surface area contributed by atoms with Crippen molar-refractivity contribution >= 4 is 41.0 Å². The Morgan fingerprint density at radius 1 is 1.00 bits per heavy atom. The van der Waals surface area contributed by atoms with E-state index in [1.807, 2.05) is 90.5 Å². The van der Waals surface area contributed by atoms with E-state index in [-0.39, 0.29) is 5.91 Å². The molecule has 160 valence electrons. The van der Waals surface area contributed by atoms with E-state index in [0.717, 1.165) is 38.6 Å². The van der Waals surface area contributed by atoms with Crippen LogP contribution in [0.5, 0.6) is 0 Å². The lowest BCUT2D eigenvalue weighted by Crippen LogP contribution is -2.07. The fourth-order valence-electron chi connectivity index (χ4n) is 3.04. The minimum atomic E-state index is -0.179. The zero-order valence-electron chi connectivity index (χ0n) is 17.4. The summed E-state index contributed by atoms with van der Waals surface area (Å²) in [4.78, 5) is 12.2. The van der Waals surface area contributed by atoms with Gasteiger partial charge >= 0.3 is 0 Å². The zero-order valence-corrected chi connectivity index (χ0v) is 19.0. The predicted octanol–water partition coefficient (Wildman–Crippen LogP) is 6.08. The number of benzene rings is 3. The van der Waals surface area contributed by atoms with Crippen LogP contribution in [0.3, 0.4) is 0 Å². The smallest absolute Gasteiger partial charge is 0.248 e. The van der Waals surface area contributed by atoms with Crippen LogP contribution >= 0.6 is 23.4 Å². The Morgan fingerprint density at radius 2 is 1.72 bits per heavy atom. The van der Waals surface area contributed by atoms with Gasteiger partial charge in [0, 0.05) is 35.2 Å². The maximum absolute atomic E-state index is 12.2. The van der Waals surface area contributed by atoms with E-state index in [1.54, 1.807) is 17.8 Å². The van der Waals surface area contributed by atoms with Gasteiger partial charge < -0.3 is 9.88 Å². The number of anilines is 1. The Hall–Kier alpha value is -3.35. The average molecular weight is 461 g/mol. The van der Waals surface area contributed by atoms with Crippen LogP contribution in [0.15, 0.2) is 90.1 Å². The van der Waals surface area contributed by atoms with Crippen LogP contribution in [0.1, 0.15) is 11.1 Å². The molecule has 0 saturated carbocycles. The Labute approximate surface area is 196 Å². The van der Waals surface area contributed by atoms with Gasteiger partial charge in [-0.25, -0.2) is 0 Å². The second kappa shape index (κ2) is 10.3. The largest absolute Gasteiger partial charge is 0.323 e. The lowest BCUT2D eigenvalue weighted by molar-refractivity contribution is -0.111. The second-order valence-corrected chi connectivity index (χ2v) is 8.47. The van der Waals surface area contributed by atoms with Crippen molar-refractivity contribution < 1.29 is 4.79 Å². The van der Waals surface area contributed by atoms with E-state index in [0.29, 0.717) is 0 Å². The number of nitrogens with one attached hydrogen (secondary N) is 1. The molecule has 1 heterocycles. The van der Waals surface area contributed by atoms with Crippen LogP contribution in [-0.2, 0) is 17.6 Å². The average Bonchev–Trinajstić information content (AvgIpc) is 3.19. The summed E-state index contributed by atoms with van der Waals surface area (Å²) in [6.45, 7) is 0. The van der Waals surface area contributed by atoms with Crippen molar-refractivity contribution in [2.45, 2.75) is 10.9 Å². The summed E-state index contributed by atoms with van der Waals surface area (Å²) in [7, 11) is 1.95.